The average Bonchev–Trinajstić information content (AvgIpc) is 2.23. The minimum atomic E-state index is -0.947. The van der Waals surface area contributed by atoms with Crippen LogP contribution in [0.25, 0.3) is 0 Å². The van der Waals surface area contributed by atoms with E-state index >= 15 is 0 Å². The summed E-state index contributed by atoms with van der Waals surface area (Å²) in [5.41, 5.74) is 5.76. The van der Waals surface area contributed by atoms with Crippen molar-refractivity contribution in [2.45, 2.75) is 19.4 Å². The van der Waals surface area contributed by atoms with Gasteiger partial charge in [0.1, 0.15) is 0 Å². The van der Waals surface area contributed by atoms with Gasteiger partial charge in [-0.25, -0.2) is 8.78 Å². The second-order valence-corrected chi connectivity index (χ2v) is 3.63. The fourth-order valence-corrected chi connectivity index (χ4v) is 1.22. The van der Waals surface area contributed by atoms with Gasteiger partial charge in [-0.1, -0.05) is 6.07 Å². The summed E-state index contributed by atoms with van der Waals surface area (Å²) in [6.45, 7) is 2.10. The van der Waals surface area contributed by atoms with Crippen molar-refractivity contribution in [3.63, 3.8) is 0 Å². The van der Waals surface area contributed by atoms with Gasteiger partial charge in [0.2, 0.25) is 5.91 Å². The molecule has 0 bridgehead atoms. The summed E-state index contributed by atoms with van der Waals surface area (Å²) in [4.78, 5) is 11.4. The molecule has 0 aliphatic carbocycles. The summed E-state index contributed by atoms with van der Waals surface area (Å²) in [7, 11) is 0. The Morgan fingerprint density at radius 2 is 2.12 bits per heavy atom. The number of rotatable bonds is 4. The third kappa shape index (κ3) is 3.58. The van der Waals surface area contributed by atoms with Crippen LogP contribution in [0.5, 0.6) is 0 Å². The zero-order valence-corrected chi connectivity index (χ0v) is 8.97. The van der Waals surface area contributed by atoms with Gasteiger partial charge in [-0.05, 0) is 24.6 Å². The van der Waals surface area contributed by atoms with Gasteiger partial charge in [-0.2, -0.15) is 0 Å². The lowest BCUT2D eigenvalue weighted by Gasteiger charge is -2.11. The number of hydrogen-bond donors (Lipinski definition) is 2. The summed E-state index contributed by atoms with van der Waals surface area (Å²) in [5, 5.41) is 2.63. The first-order valence-electron chi connectivity index (χ1n) is 4.96. The molecule has 1 rings (SSSR count). The second kappa shape index (κ2) is 5.55. The molecule has 0 aliphatic heterocycles. The lowest BCUT2D eigenvalue weighted by Crippen LogP contribution is -2.38. The highest BCUT2D eigenvalue weighted by Crippen LogP contribution is 2.09. The monoisotopic (exact) mass is 228 g/mol. The first-order chi connectivity index (χ1) is 7.52. The summed E-state index contributed by atoms with van der Waals surface area (Å²) < 4.78 is 25.4. The van der Waals surface area contributed by atoms with Crippen molar-refractivity contribution in [3.8, 4) is 0 Å². The minimum absolute atomic E-state index is 0.0154. The fraction of sp³-hybridized carbons (Fsp3) is 0.364. The van der Waals surface area contributed by atoms with Crippen LogP contribution in [0.2, 0.25) is 0 Å². The largest absolute Gasteiger partial charge is 0.352 e. The van der Waals surface area contributed by atoms with Crippen molar-refractivity contribution in [1.82, 2.24) is 5.32 Å². The second-order valence-electron chi connectivity index (χ2n) is 3.63. The van der Waals surface area contributed by atoms with Gasteiger partial charge in [-0.3, -0.25) is 4.79 Å². The normalized spacial score (nSPS) is 12.2. The zero-order chi connectivity index (χ0) is 12.1. The molecule has 0 spiro atoms. The standard InChI is InChI=1S/C11H14F2N2O/c1-7(6-14)15-11(16)5-8-2-3-9(12)10(13)4-8/h2-4,7H,5-6,14H2,1H3,(H,15,16)/t7-/m1/s1. The van der Waals surface area contributed by atoms with Gasteiger partial charge in [0, 0.05) is 12.6 Å². The first kappa shape index (κ1) is 12.6. The van der Waals surface area contributed by atoms with Crippen LogP contribution in [0.15, 0.2) is 18.2 Å². The van der Waals surface area contributed by atoms with Crippen molar-refractivity contribution in [3.05, 3.63) is 35.4 Å². The van der Waals surface area contributed by atoms with Crippen LogP contribution in [0, 0.1) is 11.6 Å². The predicted octanol–water partition coefficient (Wildman–Crippen LogP) is 0.971. The molecule has 88 valence electrons. The van der Waals surface area contributed by atoms with Crippen LogP contribution in [0.4, 0.5) is 8.78 Å². The van der Waals surface area contributed by atoms with Crippen molar-refractivity contribution >= 4 is 5.91 Å². The lowest BCUT2D eigenvalue weighted by atomic mass is 10.1. The number of nitrogens with one attached hydrogen (secondary N) is 1. The molecule has 3 N–H and O–H groups in total. The summed E-state index contributed by atoms with van der Waals surface area (Å²) in [5.74, 6) is -2.12. The van der Waals surface area contributed by atoms with Crippen LogP contribution in [0.1, 0.15) is 12.5 Å². The maximum atomic E-state index is 12.8. The fourth-order valence-electron chi connectivity index (χ4n) is 1.22. The van der Waals surface area contributed by atoms with E-state index in [9.17, 15) is 13.6 Å². The topological polar surface area (TPSA) is 55.1 Å². The van der Waals surface area contributed by atoms with E-state index in [1.54, 1.807) is 6.92 Å². The molecule has 0 unspecified atom stereocenters. The van der Waals surface area contributed by atoms with Crippen molar-refractivity contribution in [2.24, 2.45) is 5.73 Å². The van der Waals surface area contributed by atoms with Crippen LogP contribution < -0.4 is 11.1 Å². The highest BCUT2D eigenvalue weighted by atomic mass is 19.2. The van der Waals surface area contributed by atoms with E-state index in [1.807, 2.05) is 0 Å². The van der Waals surface area contributed by atoms with Gasteiger partial charge in [0.25, 0.3) is 0 Å². The molecule has 1 aromatic rings. The van der Waals surface area contributed by atoms with Gasteiger partial charge in [0.05, 0.1) is 6.42 Å². The van der Waals surface area contributed by atoms with E-state index in [4.69, 9.17) is 5.73 Å². The molecular weight excluding hydrogens is 214 g/mol. The Kier molecular flexibility index (Phi) is 4.37. The molecule has 3 nitrogen and oxygen atoms in total. The van der Waals surface area contributed by atoms with Gasteiger partial charge >= 0.3 is 0 Å². The van der Waals surface area contributed by atoms with Crippen molar-refractivity contribution in [2.75, 3.05) is 6.54 Å². The quantitative estimate of drug-likeness (QED) is 0.806. The molecule has 0 aromatic heterocycles. The van der Waals surface area contributed by atoms with Crippen LogP contribution in [-0.2, 0) is 11.2 Å². The van der Waals surface area contributed by atoms with Crippen LogP contribution >= 0.6 is 0 Å². The molecule has 0 aliphatic rings. The van der Waals surface area contributed by atoms with E-state index in [0.717, 1.165) is 12.1 Å². The number of halogens is 2. The predicted molar refractivity (Wildman–Crippen MR) is 56.7 cm³/mol. The molecule has 0 fully saturated rings. The van der Waals surface area contributed by atoms with Gasteiger partial charge in [0.15, 0.2) is 11.6 Å². The Hall–Kier alpha value is -1.49. The first-order valence-corrected chi connectivity index (χ1v) is 4.96. The Bertz CT molecular complexity index is 382. The van der Waals surface area contributed by atoms with E-state index in [1.165, 1.54) is 6.07 Å². The Balaban J connectivity index is 2.59. The van der Waals surface area contributed by atoms with Crippen LogP contribution in [0.3, 0.4) is 0 Å². The number of amides is 1. The number of benzene rings is 1. The van der Waals surface area contributed by atoms with Crippen LogP contribution in [-0.4, -0.2) is 18.5 Å². The zero-order valence-electron chi connectivity index (χ0n) is 8.97. The third-order valence-corrected chi connectivity index (χ3v) is 2.11. The Morgan fingerprint density at radius 1 is 1.44 bits per heavy atom. The molecule has 0 saturated heterocycles. The molecule has 0 heterocycles. The summed E-state index contributed by atoms with van der Waals surface area (Å²) in [6, 6.07) is 3.27. The highest BCUT2D eigenvalue weighted by Gasteiger charge is 2.08. The maximum Gasteiger partial charge on any atom is 0.224 e. The van der Waals surface area contributed by atoms with E-state index in [0.29, 0.717) is 12.1 Å². The smallest absolute Gasteiger partial charge is 0.224 e. The van der Waals surface area contributed by atoms with Gasteiger partial charge < -0.3 is 11.1 Å². The minimum Gasteiger partial charge on any atom is -0.352 e. The highest BCUT2D eigenvalue weighted by molar-refractivity contribution is 5.78. The lowest BCUT2D eigenvalue weighted by molar-refractivity contribution is -0.120. The molecule has 1 amide bonds. The van der Waals surface area contributed by atoms with Crippen molar-refractivity contribution in [1.29, 1.82) is 0 Å². The molecular formula is C11H14F2N2O. The van der Waals surface area contributed by atoms with E-state index in [2.05, 4.69) is 5.32 Å². The molecule has 16 heavy (non-hydrogen) atoms. The summed E-state index contributed by atoms with van der Waals surface area (Å²) in [6.07, 6.45) is 0.0154. The van der Waals surface area contributed by atoms with E-state index in [-0.39, 0.29) is 18.4 Å². The van der Waals surface area contributed by atoms with Gasteiger partial charge in [-0.15, -0.1) is 0 Å². The molecule has 5 heteroatoms. The average molecular weight is 228 g/mol. The Morgan fingerprint density at radius 3 is 2.69 bits per heavy atom. The molecule has 1 aromatic carbocycles. The number of carbonyl (C=O) groups excluding carboxylic acids is 1. The molecule has 1 atom stereocenters. The maximum absolute atomic E-state index is 12.8. The summed E-state index contributed by atoms with van der Waals surface area (Å²) >= 11 is 0. The number of hydrogen-bond acceptors (Lipinski definition) is 2. The van der Waals surface area contributed by atoms with Crippen molar-refractivity contribution < 1.29 is 13.6 Å². The number of carbonyl (C=O) groups is 1. The van der Waals surface area contributed by atoms with E-state index < -0.39 is 11.6 Å². The third-order valence-electron chi connectivity index (χ3n) is 2.11. The Labute approximate surface area is 92.6 Å². The molecule has 0 saturated carbocycles. The molecule has 0 radical (unpaired) electrons. The SMILES string of the molecule is C[C@H](CN)NC(=O)Cc1ccc(F)c(F)c1. The number of nitrogens with two attached hydrogens (primary N) is 1.